The maximum Gasteiger partial charge on any atom is 0.331 e. The lowest BCUT2D eigenvalue weighted by Gasteiger charge is -1.99. The molecule has 1 rings (SSSR count). The average Bonchev–Trinajstić information content (AvgIpc) is 2.74. The van der Waals surface area contributed by atoms with Gasteiger partial charge in [-0.1, -0.05) is 45.6 Å². The molecule has 0 atom stereocenters. The molecule has 1 aromatic heterocycles. The van der Waals surface area contributed by atoms with E-state index in [1.807, 2.05) is 6.92 Å². The second kappa shape index (κ2) is 8.56. The summed E-state index contributed by atoms with van der Waals surface area (Å²) in [6, 6.07) is 0. The van der Waals surface area contributed by atoms with Gasteiger partial charge in [-0.05, 0) is 19.8 Å². The van der Waals surface area contributed by atoms with Gasteiger partial charge < -0.3 is 9.52 Å². The summed E-state index contributed by atoms with van der Waals surface area (Å²) in [5.74, 6) is 0.251. The first-order valence-corrected chi connectivity index (χ1v) is 7.40. The van der Waals surface area contributed by atoms with Crippen molar-refractivity contribution in [3.63, 3.8) is 0 Å². The topological polar surface area (TPSA) is 63.3 Å². The van der Waals surface area contributed by atoms with Crippen LogP contribution in [0.25, 0.3) is 0 Å². The van der Waals surface area contributed by atoms with E-state index < -0.39 is 5.97 Å². The molecule has 0 unspecified atom stereocenters. The van der Waals surface area contributed by atoms with Crippen LogP contribution in [-0.4, -0.2) is 16.1 Å². The van der Waals surface area contributed by atoms with Crippen molar-refractivity contribution in [1.82, 2.24) is 4.98 Å². The number of aryl methyl sites for hydroxylation is 2. The fourth-order valence-electron chi connectivity index (χ4n) is 2.13. The van der Waals surface area contributed by atoms with E-state index in [1.165, 1.54) is 32.1 Å². The van der Waals surface area contributed by atoms with Gasteiger partial charge in [0, 0.05) is 5.57 Å². The van der Waals surface area contributed by atoms with Gasteiger partial charge in [0.05, 0.1) is 12.1 Å². The Morgan fingerprint density at radius 3 is 2.55 bits per heavy atom. The number of rotatable bonds is 10. The zero-order valence-electron chi connectivity index (χ0n) is 12.6. The first-order chi connectivity index (χ1) is 9.54. The minimum atomic E-state index is -1.00. The maximum atomic E-state index is 10.7. The van der Waals surface area contributed by atoms with Crippen molar-refractivity contribution in [3.05, 3.63) is 29.5 Å². The number of oxazole rings is 1. The van der Waals surface area contributed by atoms with E-state index in [2.05, 4.69) is 18.5 Å². The third-order valence-corrected chi connectivity index (χ3v) is 3.37. The molecular weight excluding hydrogens is 254 g/mol. The quantitative estimate of drug-likeness (QED) is 0.518. The van der Waals surface area contributed by atoms with Gasteiger partial charge >= 0.3 is 5.97 Å². The van der Waals surface area contributed by atoms with Crippen LogP contribution >= 0.6 is 0 Å². The van der Waals surface area contributed by atoms with E-state index in [-0.39, 0.29) is 12.0 Å². The van der Waals surface area contributed by atoms with E-state index in [9.17, 15) is 4.79 Å². The van der Waals surface area contributed by atoms with Gasteiger partial charge in [0.15, 0.2) is 5.89 Å². The number of carbonyl (C=O) groups is 1. The fourth-order valence-corrected chi connectivity index (χ4v) is 2.13. The Balaban J connectivity index is 2.38. The number of carboxylic acids is 1. The Bertz CT molecular complexity index is 449. The van der Waals surface area contributed by atoms with Crippen molar-refractivity contribution >= 4 is 5.97 Å². The molecule has 0 aliphatic rings. The van der Waals surface area contributed by atoms with E-state index >= 15 is 0 Å². The first kappa shape index (κ1) is 16.5. The van der Waals surface area contributed by atoms with E-state index in [4.69, 9.17) is 9.52 Å². The molecule has 1 aromatic rings. The Morgan fingerprint density at radius 2 is 1.90 bits per heavy atom. The summed E-state index contributed by atoms with van der Waals surface area (Å²) in [7, 11) is 0. The highest BCUT2D eigenvalue weighted by Gasteiger charge is 2.13. The van der Waals surface area contributed by atoms with Gasteiger partial charge in [-0.15, -0.1) is 0 Å². The molecule has 0 aliphatic carbocycles. The monoisotopic (exact) mass is 279 g/mol. The molecule has 112 valence electrons. The van der Waals surface area contributed by atoms with Crippen LogP contribution in [0.5, 0.6) is 0 Å². The molecule has 0 saturated heterocycles. The molecule has 0 saturated carbocycles. The molecule has 0 aromatic carbocycles. The molecule has 0 fully saturated rings. The summed E-state index contributed by atoms with van der Waals surface area (Å²) in [5.41, 5.74) is 1.06. The molecule has 0 spiro atoms. The average molecular weight is 279 g/mol. The van der Waals surface area contributed by atoms with Gasteiger partial charge in [0.25, 0.3) is 0 Å². The Hall–Kier alpha value is -1.58. The number of unbranched alkanes of at least 4 members (excludes halogenated alkanes) is 5. The molecule has 0 amide bonds. The predicted molar refractivity (Wildman–Crippen MR) is 78.8 cm³/mol. The summed E-state index contributed by atoms with van der Waals surface area (Å²) < 4.78 is 5.50. The molecule has 4 heteroatoms. The second-order valence-electron chi connectivity index (χ2n) is 5.21. The van der Waals surface area contributed by atoms with Gasteiger partial charge in [-0.3, -0.25) is 0 Å². The molecule has 0 bridgehead atoms. The van der Waals surface area contributed by atoms with Crippen LogP contribution in [0, 0.1) is 6.92 Å². The van der Waals surface area contributed by atoms with E-state index in [1.54, 1.807) is 0 Å². The summed E-state index contributed by atoms with van der Waals surface area (Å²) >= 11 is 0. The summed E-state index contributed by atoms with van der Waals surface area (Å²) in [6.07, 6.45) is 8.54. The standard InChI is InChI=1S/C16H25NO3/c1-4-5-6-7-8-9-10-14-13(3)20-15(17-14)11-12(2)16(18)19/h2,4-11H2,1,3H3,(H,18,19). The number of carboxylic acid groups (broad SMARTS) is 1. The molecule has 4 nitrogen and oxygen atoms in total. The zero-order valence-corrected chi connectivity index (χ0v) is 12.6. The Kier molecular flexibility index (Phi) is 7.05. The van der Waals surface area contributed by atoms with Crippen LogP contribution in [0.3, 0.4) is 0 Å². The third-order valence-electron chi connectivity index (χ3n) is 3.37. The van der Waals surface area contributed by atoms with Gasteiger partial charge in [-0.25, -0.2) is 9.78 Å². The van der Waals surface area contributed by atoms with Crippen molar-refractivity contribution in [2.75, 3.05) is 0 Å². The number of nitrogens with zero attached hydrogens (tertiary/aromatic N) is 1. The van der Waals surface area contributed by atoms with Crippen LogP contribution in [-0.2, 0) is 17.6 Å². The summed E-state index contributed by atoms with van der Waals surface area (Å²) in [6.45, 7) is 7.59. The van der Waals surface area contributed by atoms with Crippen molar-refractivity contribution in [2.45, 2.75) is 65.2 Å². The van der Waals surface area contributed by atoms with Gasteiger partial charge in [0.2, 0.25) is 0 Å². The highest BCUT2D eigenvalue weighted by molar-refractivity contribution is 5.86. The lowest BCUT2D eigenvalue weighted by atomic mass is 10.1. The minimum absolute atomic E-state index is 0.109. The van der Waals surface area contributed by atoms with E-state index in [0.29, 0.717) is 5.89 Å². The Labute approximate surface area is 120 Å². The van der Waals surface area contributed by atoms with Crippen molar-refractivity contribution in [2.24, 2.45) is 0 Å². The Morgan fingerprint density at radius 1 is 1.25 bits per heavy atom. The third kappa shape index (κ3) is 5.59. The van der Waals surface area contributed by atoms with Crippen LogP contribution in [0.1, 0.15) is 62.8 Å². The lowest BCUT2D eigenvalue weighted by Crippen LogP contribution is -2.02. The predicted octanol–water partition coefficient (Wildman–Crippen LogP) is 4.07. The first-order valence-electron chi connectivity index (χ1n) is 7.40. The molecule has 0 aliphatic heterocycles. The number of hydrogen-bond donors (Lipinski definition) is 1. The van der Waals surface area contributed by atoms with Crippen molar-refractivity contribution < 1.29 is 14.3 Å². The van der Waals surface area contributed by atoms with Crippen molar-refractivity contribution in [3.8, 4) is 0 Å². The molecule has 20 heavy (non-hydrogen) atoms. The molecule has 0 radical (unpaired) electrons. The number of aliphatic carboxylic acids is 1. The largest absolute Gasteiger partial charge is 0.478 e. The van der Waals surface area contributed by atoms with E-state index in [0.717, 1.165) is 24.3 Å². The highest BCUT2D eigenvalue weighted by Crippen LogP contribution is 2.16. The minimum Gasteiger partial charge on any atom is -0.478 e. The maximum absolute atomic E-state index is 10.7. The fraction of sp³-hybridized carbons (Fsp3) is 0.625. The normalized spacial score (nSPS) is 10.7. The lowest BCUT2D eigenvalue weighted by molar-refractivity contribution is -0.132. The van der Waals surface area contributed by atoms with Gasteiger partial charge in [0.1, 0.15) is 5.76 Å². The molecule has 1 heterocycles. The summed E-state index contributed by atoms with van der Waals surface area (Å²) in [5, 5.41) is 8.79. The zero-order chi connectivity index (χ0) is 15.0. The summed E-state index contributed by atoms with van der Waals surface area (Å²) in [4.78, 5) is 15.1. The number of hydrogen-bond acceptors (Lipinski definition) is 3. The van der Waals surface area contributed by atoms with Crippen LogP contribution < -0.4 is 0 Å². The smallest absolute Gasteiger partial charge is 0.331 e. The van der Waals surface area contributed by atoms with Gasteiger partial charge in [-0.2, -0.15) is 0 Å². The van der Waals surface area contributed by atoms with Crippen LogP contribution in [0.2, 0.25) is 0 Å². The highest BCUT2D eigenvalue weighted by atomic mass is 16.4. The number of aromatic nitrogens is 1. The van der Waals surface area contributed by atoms with Crippen LogP contribution in [0.4, 0.5) is 0 Å². The molecular formula is C16H25NO3. The van der Waals surface area contributed by atoms with Crippen LogP contribution in [0.15, 0.2) is 16.6 Å². The second-order valence-corrected chi connectivity index (χ2v) is 5.21. The SMILES string of the molecule is C=C(Cc1nc(CCCCCCCC)c(C)o1)C(=O)O. The molecule has 1 N–H and O–H groups in total. The van der Waals surface area contributed by atoms with Crippen molar-refractivity contribution in [1.29, 1.82) is 0 Å².